The lowest BCUT2D eigenvalue weighted by Gasteiger charge is -2.37. The molecule has 1 aliphatic heterocycles. The van der Waals surface area contributed by atoms with E-state index < -0.39 is 0 Å². The molecule has 28 heavy (non-hydrogen) atoms. The fourth-order valence-electron chi connectivity index (χ4n) is 3.42. The highest BCUT2D eigenvalue weighted by molar-refractivity contribution is 6.34. The number of piperazine rings is 1. The Morgan fingerprint density at radius 3 is 2.39 bits per heavy atom. The van der Waals surface area contributed by atoms with Gasteiger partial charge in [0, 0.05) is 38.2 Å². The Hall–Kier alpha value is -2.53. The largest absolute Gasteiger partial charge is 0.365 e. The van der Waals surface area contributed by atoms with Gasteiger partial charge in [0.05, 0.1) is 16.4 Å². The minimum Gasteiger partial charge on any atom is -0.365 e. The number of nitrogens with zero attached hydrogens (tertiary/aromatic N) is 2. The van der Waals surface area contributed by atoms with Crippen molar-refractivity contribution >= 4 is 34.8 Å². The molecule has 0 radical (unpaired) electrons. The second-order valence-electron chi connectivity index (χ2n) is 7.11. The minimum atomic E-state index is -0.161. The van der Waals surface area contributed by atoms with E-state index in [-0.39, 0.29) is 11.8 Å². The number of rotatable bonds is 4. The van der Waals surface area contributed by atoms with Crippen molar-refractivity contribution in [2.24, 2.45) is 0 Å². The molecule has 3 rings (SSSR count). The zero-order chi connectivity index (χ0) is 20.3. The van der Waals surface area contributed by atoms with Gasteiger partial charge in [0.1, 0.15) is 0 Å². The molecule has 2 aromatic rings. The van der Waals surface area contributed by atoms with Crippen molar-refractivity contribution in [1.29, 1.82) is 0 Å². The predicted molar refractivity (Wildman–Crippen MR) is 114 cm³/mol. The first-order valence-electron chi connectivity index (χ1n) is 9.60. The first kappa shape index (κ1) is 20.2. The van der Waals surface area contributed by atoms with Crippen molar-refractivity contribution in [3.8, 4) is 0 Å². The van der Waals surface area contributed by atoms with Gasteiger partial charge in [0.2, 0.25) is 5.91 Å². The molecule has 6 heteroatoms. The summed E-state index contributed by atoms with van der Waals surface area (Å²) in [4.78, 5) is 28.7. The predicted octanol–water partition coefficient (Wildman–Crippen LogP) is 4.27. The van der Waals surface area contributed by atoms with Crippen molar-refractivity contribution in [2.75, 3.05) is 36.4 Å². The third-order valence-corrected chi connectivity index (χ3v) is 5.56. The highest BCUT2D eigenvalue weighted by Gasteiger charge is 2.24. The molecule has 148 valence electrons. The Bertz CT molecular complexity index is 889. The number of aryl methyl sites for hydroxylation is 2. The number of nitrogens with one attached hydrogen (secondary N) is 1. The van der Waals surface area contributed by atoms with Gasteiger partial charge in [-0.25, -0.2) is 0 Å². The Morgan fingerprint density at radius 1 is 1.04 bits per heavy atom. The number of hydrogen-bond acceptors (Lipinski definition) is 3. The first-order chi connectivity index (χ1) is 13.4. The number of carbonyl (C=O) groups excluding carboxylic acids is 2. The van der Waals surface area contributed by atoms with Gasteiger partial charge >= 0.3 is 0 Å². The Kier molecular flexibility index (Phi) is 6.25. The van der Waals surface area contributed by atoms with Crippen LogP contribution in [0.15, 0.2) is 36.4 Å². The van der Waals surface area contributed by atoms with Gasteiger partial charge in [0.25, 0.3) is 5.91 Å². The van der Waals surface area contributed by atoms with Gasteiger partial charge < -0.3 is 15.1 Å². The summed E-state index contributed by atoms with van der Waals surface area (Å²) in [5, 5.41) is 3.60. The van der Waals surface area contributed by atoms with E-state index in [2.05, 4.69) is 10.2 Å². The molecule has 2 amide bonds. The average Bonchev–Trinajstić information content (AvgIpc) is 2.69. The number of carbonyl (C=O) groups is 2. The molecule has 1 heterocycles. The van der Waals surface area contributed by atoms with Crippen LogP contribution in [0, 0.1) is 13.8 Å². The minimum absolute atomic E-state index is 0.161. The third kappa shape index (κ3) is 4.30. The molecule has 2 aromatic carbocycles. The number of anilines is 2. The van der Waals surface area contributed by atoms with E-state index >= 15 is 0 Å². The molecule has 0 aliphatic carbocycles. The van der Waals surface area contributed by atoms with E-state index in [0.29, 0.717) is 48.9 Å². The number of benzene rings is 2. The molecule has 5 nitrogen and oxygen atoms in total. The monoisotopic (exact) mass is 399 g/mol. The highest BCUT2D eigenvalue weighted by Crippen LogP contribution is 2.35. The summed E-state index contributed by atoms with van der Waals surface area (Å²) in [6.45, 7) is 8.57. The Labute approximate surface area is 171 Å². The molecule has 0 aromatic heterocycles. The standard InChI is InChI=1S/C22H26ClN3O2/c1-4-20(27)25-10-12-26(13-11-25)21-18(23)6-5-7-19(21)24-22(28)17-9-8-15(2)16(3)14-17/h5-9,14H,4,10-13H2,1-3H3,(H,24,28). The number of hydrogen-bond donors (Lipinski definition) is 1. The lowest BCUT2D eigenvalue weighted by Crippen LogP contribution is -2.48. The van der Waals surface area contributed by atoms with Gasteiger partial charge in [-0.15, -0.1) is 0 Å². The molecule has 0 unspecified atom stereocenters. The lowest BCUT2D eigenvalue weighted by molar-refractivity contribution is -0.131. The highest BCUT2D eigenvalue weighted by atomic mass is 35.5. The smallest absolute Gasteiger partial charge is 0.255 e. The SMILES string of the molecule is CCC(=O)N1CCN(c2c(Cl)cccc2NC(=O)c2ccc(C)c(C)c2)CC1. The van der Waals surface area contributed by atoms with Crippen LogP contribution >= 0.6 is 11.6 Å². The van der Waals surface area contributed by atoms with Crippen LogP contribution < -0.4 is 10.2 Å². The quantitative estimate of drug-likeness (QED) is 0.835. The zero-order valence-corrected chi connectivity index (χ0v) is 17.3. The van der Waals surface area contributed by atoms with Gasteiger partial charge in [-0.3, -0.25) is 9.59 Å². The fraction of sp³-hybridized carbons (Fsp3) is 0.364. The number of para-hydroxylation sites is 1. The van der Waals surface area contributed by atoms with Crippen LogP contribution in [0.5, 0.6) is 0 Å². The number of halogens is 1. The van der Waals surface area contributed by atoms with Gasteiger partial charge in [-0.2, -0.15) is 0 Å². The second-order valence-corrected chi connectivity index (χ2v) is 7.52. The van der Waals surface area contributed by atoms with Crippen LogP contribution in [0.3, 0.4) is 0 Å². The molecule has 0 saturated carbocycles. The summed E-state index contributed by atoms with van der Waals surface area (Å²) in [5.74, 6) is 0.00786. The summed E-state index contributed by atoms with van der Waals surface area (Å²) >= 11 is 6.49. The Balaban J connectivity index is 1.80. The number of amides is 2. The van der Waals surface area contributed by atoms with Gasteiger partial charge in [-0.1, -0.05) is 30.7 Å². The summed E-state index contributed by atoms with van der Waals surface area (Å²) in [6, 6.07) is 11.2. The molecular weight excluding hydrogens is 374 g/mol. The summed E-state index contributed by atoms with van der Waals surface area (Å²) in [6.07, 6.45) is 0.517. The summed E-state index contributed by atoms with van der Waals surface area (Å²) in [5.41, 5.74) is 4.35. The van der Waals surface area contributed by atoms with E-state index in [9.17, 15) is 9.59 Å². The van der Waals surface area contributed by atoms with Crippen molar-refractivity contribution in [3.05, 3.63) is 58.1 Å². The van der Waals surface area contributed by atoms with Crippen LogP contribution in [-0.2, 0) is 4.79 Å². The molecule has 1 saturated heterocycles. The maximum Gasteiger partial charge on any atom is 0.255 e. The second kappa shape index (κ2) is 8.65. The zero-order valence-electron chi connectivity index (χ0n) is 16.6. The van der Waals surface area contributed by atoms with E-state index in [0.717, 1.165) is 16.8 Å². The summed E-state index contributed by atoms with van der Waals surface area (Å²) < 4.78 is 0. The van der Waals surface area contributed by atoms with Crippen LogP contribution in [0.4, 0.5) is 11.4 Å². The molecular formula is C22H26ClN3O2. The van der Waals surface area contributed by atoms with E-state index in [1.165, 1.54) is 0 Å². The topological polar surface area (TPSA) is 52.7 Å². The van der Waals surface area contributed by atoms with Crippen molar-refractivity contribution in [2.45, 2.75) is 27.2 Å². The summed E-state index contributed by atoms with van der Waals surface area (Å²) in [7, 11) is 0. The van der Waals surface area contributed by atoms with Crippen molar-refractivity contribution in [1.82, 2.24) is 4.90 Å². The van der Waals surface area contributed by atoms with Crippen molar-refractivity contribution < 1.29 is 9.59 Å². The van der Waals surface area contributed by atoms with Crippen LogP contribution in [0.25, 0.3) is 0 Å². The fourth-order valence-corrected chi connectivity index (χ4v) is 3.71. The molecule has 1 aliphatic rings. The van der Waals surface area contributed by atoms with E-state index in [1.54, 1.807) is 0 Å². The molecule has 1 N–H and O–H groups in total. The van der Waals surface area contributed by atoms with E-state index in [1.807, 2.05) is 62.1 Å². The lowest BCUT2D eigenvalue weighted by atomic mass is 10.1. The van der Waals surface area contributed by atoms with Gasteiger partial charge in [0.15, 0.2) is 0 Å². The average molecular weight is 400 g/mol. The van der Waals surface area contributed by atoms with Crippen LogP contribution in [0.2, 0.25) is 5.02 Å². The maximum atomic E-state index is 12.8. The van der Waals surface area contributed by atoms with Crippen LogP contribution in [-0.4, -0.2) is 42.9 Å². The van der Waals surface area contributed by atoms with Gasteiger partial charge in [-0.05, 0) is 49.2 Å². The molecule has 1 fully saturated rings. The molecule has 0 bridgehead atoms. The van der Waals surface area contributed by atoms with Crippen molar-refractivity contribution in [3.63, 3.8) is 0 Å². The Morgan fingerprint density at radius 2 is 1.75 bits per heavy atom. The first-order valence-corrected chi connectivity index (χ1v) is 9.98. The third-order valence-electron chi connectivity index (χ3n) is 5.26. The maximum absolute atomic E-state index is 12.8. The van der Waals surface area contributed by atoms with Crippen LogP contribution in [0.1, 0.15) is 34.8 Å². The molecule has 0 spiro atoms. The van der Waals surface area contributed by atoms with E-state index in [4.69, 9.17) is 11.6 Å². The molecule has 0 atom stereocenters. The normalized spacial score (nSPS) is 14.1.